The maximum Gasteiger partial charge on any atom is 0.315 e. The summed E-state index contributed by atoms with van der Waals surface area (Å²) in [7, 11) is 1.43. The predicted octanol–water partition coefficient (Wildman–Crippen LogP) is 3.09. The van der Waals surface area contributed by atoms with Gasteiger partial charge in [0, 0.05) is 5.56 Å². The summed E-state index contributed by atoms with van der Waals surface area (Å²) in [5.41, 5.74) is 2.50. The topological polar surface area (TPSA) is 103 Å². The fraction of sp³-hybridized carbons (Fsp3) is 0.294. The summed E-state index contributed by atoms with van der Waals surface area (Å²) in [6, 6.07) is 6.56. The standard InChI is InChI=1S/C17H14F2N4O4/c1-25-13-7-12(26-22-13)16(24)20-11-5-3-8-6-9(2-4-10(8)11)15-21-17(14(18)19)27-23-15/h2,4,6-7,11,14H,3,5H2,1H3,(H,20,24). The van der Waals surface area contributed by atoms with Crippen LogP contribution in [0, 0.1) is 0 Å². The minimum absolute atomic E-state index is 0.0586. The third kappa shape index (κ3) is 3.25. The second-order valence-corrected chi connectivity index (χ2v) is 5.97. The molecule has 0 saturated heterocycles. The lowest BCUT2D eigenvalue weighted by atomic mass is 10.0. The molecule has 1 aromatic carbocycles. The van der Waals surface area contributed by atoms with Crippen LogP contribution >= 0.6 is 0 Å². The van der Waals surface area contributed by atoms with Gasteiger partial charge in [0.1, 0.15) is 0 Å². The molecule has 1 N–H and O–H groups in total. The van der Waals surface area contributed by atoms with Gasteiger partial charge in [-0.05, 0) is 35.2 Å². The number of nitrogens with one attached hydrogen (secondary N) is 1. The van der Waals surface area contributed by atoms with E-state index in [-0.39, 0.29) is 23.5 Å². The minimum Gasteiger partial charge on any atom is -0.479 e. The Bertz CT molecular complexity index is 985. The van der Waals surface area contributed by atoms with E-state index in [4.69, 9.17) is 9.26 Å². The number of carbonyl (C=O) groups excluding carboxylic acids is 1. The number of hydrogen-bond acceptors (Lipinski definition) is 7. The molecule has 10 heteroatoms. The Morgan fingerprint density at radius 3 is 2.85 bits per heavy atom. The zero-order chi connectivity index (χ0) is 19.0. The summed E-state index contributed by atoms with van der Waals surface area (Å²) in [5.74, 6) is -0.719. The molecule has 0 aliphatic heterocycles. The second-order valence-electron chi connectivity index (χ2n) is 5.97. The zero-order valence-corrected chi connectivity index (χ0v) is 14.1. The minimum atomic E-state index is -2.81. The van der Waals surface area contributed by atoms with Crippen LogP contribution < -0.4 is 10.1 Å². The Balaban J connectivity index is 1.51. The number of aromatic nitrogens is 3. The van der Waals surface area contributed by atoms with Gasteiger partial charge in [-0.3, -0.25) is 4.79 Å². The molecule has 0 fully saturated rings. The molecule has 1 aliphatic carbocycles. The van der Waals surface area contributed by atoms with Gasteiger partial charge in [0.25, 0.3) is 17.7 Å². The molecule has 1 amide bonds. The van der Waals surface area contributed by atoms with E-state index in [1.165, 1.54) is 13.2 Å². The van der Waals surface area contributed by atoms with E-state index in [2.05, 4.69) is 25.1 Å². The molecule has 0 bridgehead atoms. The number of alkyl halides is 2. The fourth-order valence-corrected chi connectivity index (χ4v) is 3.04. The molecule has 2 heterocycles. The summed E-state index contributed by atoms with van der Waals surface area (Å²) in [6.07, 6.45) is -1.40. The number of hydrogen-bond donors (Lipinski definition) is 1. The van der Waals surface area contributed by atoms with E-state index in [1.807, 2.05) is 12.1 Å². The van der Waals surface area contributed by atoms with E-state index in [0.717, 1.165) is 11.1 Å². The van der Waals surface area contributed by atoms with Crippen LogP contribution in [0.25, 0.3) is 11.4 Å². The molecule has 2 aromatic heterocycles. The first-order valence-corrected chi connectivity index (χ1v) is 8.11. The van der Waals surface area contributed by atoms with Gasteiger partial charge in [-0.25, -0.2) is 0 Å². The summed E-state index contributed by atoms with van der Waals surface area (Å²) < 4.78 is 39.6. The van der Waals surface area contributed by atoms with Crippen molar-refractivity contribution in [3.05, 3.63) is 47.0 Å². The third-order valence-corrected chi connectivity index (χ3v) is 4.33. The predicted molar refractivity (Wildman–Crippen MR) is 86.3 cm³/mol. The Hall–Kier alpha value is -3.30. The highest BCUT2D eigenvalue weighted by Crippen LogP contribution is 2.34. The van der Waals surface area contributed by atoms with Gasteiger partial charge in [0.05, 0.1) is 19.2 Å². The first-order chi connectivity index (χ1) is 13.0. The number of aryl methyl sites for hydroxylation is 1. The average Bonchev–Trinajstić information content (AvgIpc) is 3.40. The number of halogens is 2. The molecule has 1 unspecified atom stereocenters. The van der Waals surface area contributed by atoms with Crippen molar-refractivity contribution in [2.45, 2.75) is 25.3 Å². The van der Waals surface area contributed by atoms with E-state index in [1.54, 1.807) is 6.07 Å². The maximum atomic E-state index is 12.6. The maximum absolute atomic E-state index is 12.6. The number of fused-ring (bicyclic) bond motifs is 1. The van der Waals surface area contributed by atoms with Crippen molar-refractivity contribution in [2.24, 2.45) is 0 Å². The second kappa shape index (κ2) is 6.78. The van der Waals surface area contributed by atoms with Crippen LogP contribution in [-0.4, -0.2) is 28.3 Å². The highest BCUT2D eigenvalue weighted by atomic mass is 19.3. The molecule has 0 saturated carbocycles. The smallest absolute Gasteiger partial charge is 0.315 e. The van der Waals surface area contributed by atoms with Crippen molar-refractivity contribution in [1.82, 2.24) is 20.6 Å². The van der Waals surface area contributed by atoms with E-state index in [9.17, 15) is 13.6 Å². The third-order valence-electron chi connectivity index (χ3n) is 4.33. The summed E-state index contributed by atoms with van der Waals surface area (Å²) in [5, 5.41) is 10.1. The number of amides is 1. The molecule has 3 aromatic rings. The Labute approximate surface area is 151 Å². The summed E-state index contributed by atoms with van der Waals surface area (Å²) in [6.45, 7) is 0. The van der Waals surface area contributed by atoms with Crippen molar-refractivity contribution < 1.29 is 27.4 Å². The highest BCUT2D eigenvalue weighted by Gasteiger charge is 2.27. The van der Waals surface area contributed by atoms with Crippen LogP contribution in [-0.2, 0) is 6.42 Å². The van der Waals surface area contributed by atoms with E-state index >= 15 is 0 Å². The largest absolute Gasteiger partial charge is 0.479 e. The molecule has 1 aliphatic rings. The van der Waals surface area contributed by atoms with Crippen molar-refractivity contribution in [3.63, 3.8) is 0 Å². The number of carbonyl (C=O) groups is 1. The molecular formula is C17H14F2N4O4. The molecular weight excluding hydrogens is 362 g/mol. The van der Waals surface area contributed by atoms with Gasteiger partial charge < -0.3 is 19.1 Å². The number of benzene rings is 1. The SMILES string of the molecule is COc1cc(C(=O)NC2CCc3cc(-c4noc(C(F)F)n4)ccc32)on1. The first-order valence-electron chi connectivity index (χ1n) is 8.11. The summed E-state index contributed by atoms with van der Waals surface area (Å²) >= 11 is 0. The van der Waals surface area contributed by atoms with Crippen LogP contribution in [0.5, 0.6) is 5.88 Å². The molecule has 1 atom stereocenters. The first kappa shape index (κ1) is 17.1. The number of methoxy groups -OCH3 is 1. The average molecular weight is 376 g/mol. The lowest BCUT2D eigenvalue weighted by molar-refractivity contribution is 0.0899. The van der Waals surface area contributed by atoms with Crippen molar-refractivity contribution >= 4 is 5.91 Å². The van der Waals surface area contributed by atoms with Crippen molar-refractivity contribution in [1.29, 1.82) is 0 Å². The van der Waals surface area contributed by atoms with Gasteiger partial charge in [-0.15, -0.1) is 0 Å². The van der Waals surface area contributed by atoms with Crippen LogP contribution in [0.4, 0.5) is 8.78 Å². The summed E-state index contributed by atoms with van der Waals surface area (Å²) in [4.78, 5) is 16.0. The lowest BCUT2D eigenvalue weighted by Crippen LogP contribution is -2.26. The van der Waals surface area contributed by atoms with Gasteiger partial charge in [0.15, 0.2) is 0 Å². The zero-order valence-electron chi connectivity index (χ0n) is 14.1. The lowest BCUT2D eigenvalue weighted by Gasteiger charge is -2.13. The van der Waals surface area contributed by atoms with Crippen LogP contribution in [0.3, 0.4) is 0 Å². The van der Waals surface area contributed by atoms with Gasteiger partial charge in [-0.2, -0.15) is 13.8 Å². The van der Waals surface area contributed by atoms with E-state index in [0.29, 0.717) is 18.4 Å². The van der Waals surface area contributed by atoms with Crippen molar-refractivity contribution in [3.8, 4) is 17.3 Å². The Kier molecular flexibility index (Phi) is 4.30. The molecule has 8 nitrogen and oxygen atoms in total. The van der Waals surface area contributed by atoms with E-state index < -0.39 is 18.2 Å². The van der Waals surface area contributed by atoms with Crippen LogP contribution in [0.1, 0.15) is 46.5 Å². The normalized spacial score (nSPS) is 15.8. The fourth-order valence-electron chi connectivity index (χ4n) is 3.04. The molecule has 140 valence electrons. The van der Waals surface area contributed by atoms with Crippen molar-refractivity contribution in [2.75, 3.05) is 7.11 Å². The Morgan fingerprint density at radius 1 is 1.30 bits per heavy atom. The monoisotopic (exact) mass is 376 g/mol. The highest BCUT2D eigenvalue weighted by molar-refractivity contribution is 5.92. The van der Waals surface area contributed by atoms with Gasteiger partial charge >= 0.3 is 6.43 Å². The molecule has 4 rings (SSSR count). The quantitative estimate of drug-likeness (QED) is 0.730. The van der Waals surface area contributed by atoms with Crippen LogP contribution in [0.2, 0.25) is 0 Å². The number of rotatable bonds is 5. The molecule has 0 radical (unpaired) electrons. The van der Waals surface area contributed by atoms with Crippen LogP contribution in [0.15, 0.2) is 33.3 Å². The molecule has 27 heavy (non-hydrogen) atoms. The molecule has 0 spiro atoms. The number of nitrogens with zero attached hydrogens (tertiary/aromatic N) is 3. The van der Waals surface area contributed by atoms with Gasteiger partial charge in [-0.1, -0.05) is 17.3 Å². The number of ether oxygens (including phenoxy) is 1. The Morgan fingerprint density at radius 2 is 2.15 bits per heavy atom. The van der Waals surface area contributed by atoms with Gasteiger partial charge in [0.2, 0.25) is 11.6 Å².